The Balaban J connectivity index is 2.96. The van der Waals surface area contributed by atoms with Gasteiger partial charge < -0.3 is 4.90 Å². The van der Waals surface area contributed by atoms with E-state index in [1.54, 1.807) is 0 Å². The van der Waals surface area contributed by atoms with Gasteiger partial charge in [-0.15, -0.1) is 0 Å². The van der Waals surface area contributed by atoms with Gasteiger partial charge in [0.2, 0.25) is 5.78 Å². The van der Waals surface area contributed by atoms with E-state index in [0.717, 1.165) is 29.2 Å². The molecule has 0 saturated heterocycles. The van der Waals surface area contributed by atoms with E-state index in [0.29, 0.717) is 0 Å². The molecule has 0 fully saturated rings. The average molecular weight is 245 g/mol. The summed E-state index contributed by atoms with van der Waals surface area (Å²) in [5.41, 5.74) is -0.914. The zero-order chi connectivity index (χ0) is 13.2. The second-order valence-corrected chi connectivity index (χ2v) is 3.60. The highest BCUT2D eigenvalue weighted by molar-refractivity contribution is 6.42. The number of benzene rings is 1. The molecule has 0 N–H and O–H groups in total. The molecule has 1 aromatic rings. The van der Waals surface area contributed by atoms with Gasteiger partial charge in [0, 0.05) is 19.7 Å². The van der Waals surface area contributed by atoms with Crippen LogP contribution in [0.3, 0.4) is 0 Å². The van der Waals surface area contributed by atoms with Crippen LogP contribution in [0.5, 0.6) is 0 Å². The lowest BCUT2D eigenvalue weighted by atomic mass is 10.1. The number of nitrogens with zero attached hydrogens (tertiary/aromatic N) is 1. The van der Waals surface area contributed by atoms with Crippen LogP contribution in [0.4, 0.5) is 13.2 Å². The van der Waals surface area contributed by atoms with Gasteiger partial charge in [-0.25, -0.2) is 0 Å². The van der Waals surface area contributed by atoms with Crippen molar-refractivity contribution in [2.24, 2.45) is 0 Å². The number of amides is 1. The lowest BCUT2D eigenvalue weighted by molar-refractivity contribution is -0.137. The molecule has 3 nitrogen and oxygen atoms in total. The van der Waals surface area contributed by atoms with Crippen molar-refractivity contribution in [1.82, 2.24) is 4.90 Å². The maximum atomic E-state index is 12.2. The molecule has 0 heterocycles. The summed E-state index contributed by atoms with van der Waals surface area (Å²) in [7, 11) is 2.79. The summed E-state index contributed by atoms with van der Waals surface area (Å²) in [6.07, 6.45) is -4.45. The van der Waals surface area contributed by atoms with E-state index in [9.17, 15) is 22.8 Å². The van der Waals surface area contributed by atoms with Gasteiger partial charge in [0.05, 0.1) is 5.56 Å². The topological polar surface area (TPSA) is 37.4 Å². The predicted octanol–water partition coefficient (Wildman–Crippen LogP) is 1.98. The molecule has 92 valence electrons. The molecule has 17 heavy (non-hydrogen) atoms. The highest BCUT2D eigenvalue weighted by Gasteiger charge is 2.30. The Bertz CT molecular complexity index is 435. The Labute approximate surface area is 95.8 Å². The number of hydrogen-bond acceptors (Lipinski definition) is 2. The van der Waals surface area contributed by atoms with E-state index >= 15 is 0 Å². The molecule has 0 saturated carbocycles. The second-order valence-electron chi connectivity index (χ2n) is 3.60. The summed E-state index contributed by atoms with van der Waals surface area (Å²) in [5, 5.41) is 0. The van der Waals surface area contributed by atoms with Gasteiger partial charge in [0.1, 0.15) is 0 Å². The summed E-state index contributed by atoms with van der Waals surface area (Å²) in [4.78, 5) is 23.8. The van der Waals surface area contributed by atoms with Gasteiger partial charge in [-0.05, 0) is 12.1 Å². The molecule has 6 heteroatoms. The van der Waals surface area contributed by atoms with Crippen LogP contribution in [-0.2, 0) is 11.0 Å². The van der Waals surface area contributed by atoms with Crippen LogP contribution in [0.25, 0.3) is 0 Å². The molecule has 0 radical (unpaired) electrons. The van der Waals surface area contributed by atoms with Gasteiger partial charge >= 0.3 is 6.18 Å². The van der Waals surface area contributed by atoms with E-state index in [1.807, 2.05) is 0 Å². The molecule has 1 aromatic carbocycles. The van der Waals surface area contributed by atoms with E-state index in [-0.39, 0.29) is 5.56 Å². The maximum absolute atomic E-state index is 12.2. The monoisotopic (exact) mass is 245 g/mol. The van der Waals surface area contributed by atoms with E-state index < -0.39 is 23.4 Å². The van der Waals surface area contributed by atoms with E-state index in [4.69, 9.17) is 0 Å². The molecule has 1 amide bonds. The lowest BCUT2D eigenvalue weighted by Gasteiger charge is -2.10. The number of alkyl halides is 3. The molecule has 0 unspecified atom stereocenters. The Kier molecular flexibility index (Phi) is 3.55. The van der Waals surface area contributed by atoms with Crippen LogP contribution in [0, 0.1) is 0 Å². The molecule has 0 aromatic heterocycles. The smallest absolute Gasteiger partial charge is 0.342 e. The minimum Gasteiger partial charge on any atom is -0.342 e. The second kappa shape index (κ2) is 4.57. The van der Waals surface area contributed by atoms with Crippen molar-refractivity contribution in [3.05, 3.63) is 35.4 Å². The van der Waals surface area contributed by atoms with Crippen molar-refractivity contribution >= 4 is 11.7 Å². The third-order valence-corrected chi connectivity index (χ3v) is 2.07. The first-order valence-electron chi connectivity index (χ1n) is 4.66. The Morgan fingerprint density at radius 1 is 1.06 bits per heavy atom. The predicted molar refractivity (Wildman–Crippen MR) is 54.5 cm³/mol. The first-order valence-corrected chi connectivity index (χ1v) is 4.66. The fourth-order valence-electron chi connectivity index (χ4n) is 1.14. The molecule has 0 aliphatic rings. The molecule has 0 aliphatic carbocycles. The molecule has 1 rings (SSSR count). The van der Waals surface area contributed by atoms with Gasteiger partial charge in [-0.3, -0.25) is 9.59 Å². The van der Waals surface area contributed by atoms with Crippen LogP contribution in [-0.4, -0.2) is 30.7 Å². The summed E-state index contributed by atoms with van der Waals surface area (Å²) in [6.45, 7) is 0. The highest BCUT2D eigenvalue weighted by atomic mass is 19.4. The number of carbonyl (C=O) groups is 2. The summed E-state index contributed by atoms with van der Waals surface area (Å²) in [6, 6.07) is 3.53. The van der Waals surface area contributed by atoms with Gasteiger partial charge in [-0.2, -0.15) is 13.2 Å². The summed E-state index contributed by atoms with van der Waals surface area (Å²) < 4.78 is 36.7. The maximum Gasteiger partial charge on any atom is 0.416 e. The minimum atomic E-state index is -4.45. The Morgan fingerprint density at radius 2 is 1.53 bits per heavy atom. The zero-order valence-corrected chi connectivity index (χ0v) is 9.21. The molecular formula is C11H10F3NO2. The van der Waals surface area contributed by atoms with Crippen LogP contribution in [0.15, 0.2) is 24.3 Å². The average Bonchev–Trinajstić information content (AvgIpc) is 2.26. The Morgan fingerprint density at radius 3 is 1.88 bits per heavy atom. The first-order chi connectivity index (χ1) is 7.73. The van der Waals surface area contributed by atoms with Gasteiger partial charge in [-0.1, -0.05) is 12.1 Å². The number of ketones is 1. The van der Waals surface area contributed by atoms with Crippen molar-refractivity contribution in [2.75, 3.05) is 14.1 Å². The third-order valence-electron chi connectivity index (χ3n) is 2.07. The van der Waals surface area contributed by atoms with Crippen LogP contribution in [0.2, 0.25) is 0 Å². The Hall–Kier alpha value is -1.85. The first kappa shape index (κ1) is 13.2. The van der Waals surface area contributed by atoms with Gasteiger partial charge in [0.25, 0.3) is 5.91 Å². The number of hydrogen-bond donors (Lipinski definition) is 0. The van der Waals surface area contributed by atoms with Crippen LogP contribution < -0.4 is 0 Å². The molecule has 0 aliphatic heterocycles. The van der Waals surface area contributed by atoms with Crippen molar-refractivity contribution in [3.8, 4) is 0 Å². The number of Topliss-reactive ketones (excluding diaryl/α,β-unsaturated/α-hetero) is 1. The van der Waals surface area contributed by atoms with Crippen molar-refractivity contribution in [3.63, 3.8) is 0 Å². The van der Waals surface area contributed by atoms with Gasteiger partial charge in [0.15, 0.2) is 0 Å². The molecule has 0 bridgehead atoms. The zero-order valence-electron chi connectivity index (χ0n) is 9.21. The van der Waals surface area contributed by atoms with Crippen LogP contribution >= 0.6 is 0 Å². The SMILES string of the molecule is CN(C)C(=O)C(=O)c1ccc(C(F)(F)F)cc1. The lowest BCUT2D eigenvalue weighted by Crippen LogP contribution is -2.29. The largest absolute Gasteiger partial charge is 0.416 e. The van der Waals surface area contributed by atoms with Crippen molar-refractivity contribution in [2.45, 2.75) is 6.18 Å². The third kappa shape index (κ3) is 3.05. The fourth-order valence-corrected chi connectivity index (χ4v) is 1.14. The normalized spacial score (nSPS) is 11.1. The number of likely N-dealkylation sites (N-methyl/N-ethyl adjacent to an activating group) is 1. The van der Waals surface area contributed by atoms with Crippen molar-refractivity contribution in [1.29, 1.82) is 0 Å². The number of halogens is 3. The fraction of sp³-hybridized carbons (Fsp3) is 0.273. The standard InChI is InChI=1S/C11H10F3NO2/c1-15(2)10(17)9(16)7-3-5-8(6-4-7)11(12,13)14/h3-6H,1-2H3. The quantitative estimate of drug-likeness (QED) is 0.590. The number of carbonyl (C=O) groups excluding carboxylic acids is 2. The highest BCUT2D eigenvalue weighted by Crippen LogP contribution is 2.29. The number of rotatable bonds is 2. The van der Waals surface area contributed by atoms with E-state index in [2.05, 4.69) is 0 Å². The van der Waals surface area contributed by atoms with Crippen LogP contribution in [0.1, 0.15) is 15.9 Å². The summed E-state index contributed by atoms with van der Waals surface area (Å²) in [5.74, 6) is -1.60. The summed E-state index contributed by atoms with van der Waals surface area (Å²) >= 11 is 0. The molecular weight excluding hydrogens is 235 g/mol. The molecule has 0 atom stereocenters. The van der Waals surface area contributed by atoms with E-state index in [1.165, 1.54) is 14.1 Å². The van der Waals surface area contributed by atoms with Crippen molar-refractivity contribution < 1.29 is 22.8 Å². The minimum absolute atomic E-state index is 0.0586. The molecule has 0 spiro atoms.